The summed E-state index contributed by atoms with van der Waals surface area (Å²) in [6.45, 7) is 5.33. The van der Waals surface area contributed by atoms with Gasteiger partial charge < -0.3 is 15.7 Å². The van der Waals surface area contributed by atoms with Gasteiger partial charge in [-0.05, 0) is 49.2 Å². The van der Waals surface area contributed by atoms with Crippen LogP contribution in [0.2, 0.25) is 0 Å². The Bertz CT molecular complexity index is 688. The van der Waals surface area contributed by atoms with Crippen LogP contribution in [0.5, 0.6) is 0 Å². The lowest BCUT2D eigenvalue weighted by atomic mass is 10.0. The molecule has 3 atom stereocenters. The third-order valence-electron chi connectivity index (χ3n) is 3.91. The van der Waals surface area contributed by atoms with Crippen LogP contribution in [0.1, 0.15) is 44.0 Å². The molecule has 3 N–H and O–H groups in total. The molecule has 0 fully saturated rings. The Hall–Kier alpha value is -2.24. The van der Waals surface area contributed by atoms with Gasteiger partial charge in [0.2, 0.25) is 5.91 Å². The molecule has 4 nitrogen and oxygen atoms in total. The van der Waals surface area contributed by atoms with E-state index in [9.17, 15) is 14.3 Å². The minimum atomic E-state index is -0.744. The van der Waals surface area contributed by atoms with Crippen LogP contribution < -0.4 is 10.6 Å². The summed E-state index contributed by atoms with van der Waals surface area (Å²) in [4.78, 5) is 11.2. The molecule has 2 aromatic carbocycles. The molecule has 3 unspecified atom stereocenters. The first-order valence-corrected chi connectivity index (χ1v) is 7.94. The Balaban J connectivity index is 2.04. The molecule has 2 aromatic rings. The van der Waals surface area contributed by atoms with Crippen LogP contribution in [-0.2, 0) is 4.79 Å². The molecule has 2 rings (SSSR count). The monoisotopic (exact) mass is 330 g/mol. The summed E-state index contributed by atoms with van der Waals surface area (Å²) < 4.78 is 13.0. The third-order valence-corrected chi connectivity index (χ3v) is 3.91. The normalized spacial score (nSPS) is 14.7. The SMILES string of the molecule is CC(=O)Nc1cccc(C(C)NC(C)C(O)c2ccc(F)cc2)c1. The fourth-order valence-electron chi connectivity index (χ4n) is 2.62. The minimum absolute atomic E-state index is 0.0243. The van der Waals surface area contributed by atoms with Crippen LogP contribution in [0.25, 0.3) is 0 Å². The van der Waals surface area contributed by atoms with Crippen molar-refractivity contribution in [3.05, 3.63) is 65.5 Å². The van der Waals surface area contributed by atoms with Gasteiger partial charge in [-0.25, -0.2) is 4.39 Å². The van der Waals surface area contributed by atoms with E-state index in [-0.39, 0.29) is 23.8 Å². The van der Waals surface area contributed by atoms with Crippen LogP contribution in [0, 0.1) is 5.82 Å². The van der Waals surface area contributed by atoms with Crippen molar-refractivity contribution in [3.8, 4) is 0 Å². The molecule has 128 valence electrons. The van der Waals surface area contributed by atoms with Crippen molar-refractivity contribution in [1.29, 1.82) is 0 Å². The molecule has 0 saturated carbocycles. The Labute approximate surface area is 141 Å². The van der Waals surface area contributed by atoms with E-state index in [1.54, 1.807) is 12.1 Å². The topological polar surface area (TPSA) is 61.4 Å². The van der Waals surface area contributed by atoms with E-state index in [0.717, 1.165) is 11.3 Å². The number of amides is 1. The Kier molecular flexibility index (Phi) is 6.06. The predicted molar refractivity (Wildman–Crippen MR) is 93.1 cm³/mol. The number of aliphatic hydroxyl groups is 1. The number of nitrogens with one attached hydrogen (secondary N) is 2. The van der Waals surface area contributed by atoms with Crippen LogP contribution in [0.3, 0.4) is 0 Å². The first kappa shape index (κ1) is 18.1. The molecule has 0 spiro atoms. The largest absolute Gasteiger partial charge is 0.387 e. The van der Waals surface area contributed by atoms with Crippen molar-refractivity contribution in [1.82, 2.24) is 5.32 Å². The predicted octanol–water partition coefficient (Wildman–Crippen LogP) is 3.56. The summed E-state index contributed by atoms with van der Waals surface area (Å²) in [5, 5.41) is 16.5. The fraction of sp³-hybridized carbons (Fsp3) is 0.316. The number of aliphatic hydroxyl groups excluding tert-OH is 1. The smallest absolute Gasteiger partial charge is 0.221 e. The zero-order chi connectivity index (χ0) is 17.7. The van der Waals surface area contributed by atoms with Gasteiger partial charge in [0, 0.05) is 24.7 Å². The highest BCUT2D eigenvalue weighted by molar-refractivity contribution is 5.88. The maximum Gasteiger partial charge on any atom is 0.221 e. The molecule has 0 aliphatic carbocycles. The molecule has 0 heterocycles. The number of carbonyl (C=O) groups is 1. The second-order valence-electron chi connectivity index (χ2n) is 5.98. The van der Waals surface area contributed by atoms with Gasteiger partial charge in [-0.1, -0.05) is 24.3 Å². The second kappa shape index (κ2) is 8.04. The molecule has 5 heteroatoms. The summed E-state index contributed by atoms with van der Waals surface area (Å²) in [6, 6.07) is 13.2. The van der Waals surface area contributed by atoms with Gasteiger partial charge in [0.05, 0.1) is 6.10 Å². The maximum atomic E-state index is 13.0. The van der Waals surface area contributed by atoms with Crippen molar-refractivity contribution in [2.75, 3.05) is 5.32 Å². The highest BCUT2D eigenvalue weighted by atomic mass is 19.1. The number of hydrogen-bond donors (Lipinski definition) is 3. The number of anilines is 1. The van der Waals surface area contributed by atoms with E-state index in [4.69, 9.17) is 0 Å². The van der Waals surface area contributed by atoms with E-state index >= 15 is 0 Å². The zero-order valence-electron chi connectivity index (χ0n) is 14.1. The van der Waals surface area contributed by atoms with Crippen molar-refractivity contribution in [2.24, 2.45) is 0 Å². The van der Waals surface area contributed by atoms with Gasteiger partial charge >= 0.3 is 0 Å². The van der Waals surface area contributed by atoms with Crippen LogP contribution >= 0.6 is 0 Å². The van der Waals surface area contributed by atoms with Gasteiger partial charge in [0.1, 0.15) is 5.82 Å². The molecule has 0 saturated heterocycles. The molecule has 0 aromatic heterocycles. The van der Waals surface area contributed by atoms with E-state index < -0.39 is 6.10 Å². The third kappa shape index (κ3) is 4.88. The molecular weight excluding hydrogens is 307 g/mol. The van der Waals surface area contributed by atoms with E-state index in [0.29, 0.717) is 5.56 Å². The van der Waals surface area contributed by atoms with E-state index in [2.05, 4.69) is 10.6 Å². The number of benzene rings is 2. The van der Waals surface area contributed by atoms with Crippen molar-refractivity contribution >= 4 is 11.6 Å². The van der Waals surface area contributed by atoms with Crippen molar-refractivity contribution in [3.63, 3.8) is 0 Å². The van der Waals surface area contributed by atoms with Gasteiger partial charge in [0.25, 0.3) is 0 Å². The van der Waals surface area contributed by atoms with Gasteiger partial charge in [-0.3, -0.25) is 4.79 Å². The minimum Gasteiger partial charge on any atom is -0.387 e. The average Bonchev–Trinajstić information content (AvgIpc) is 2.54. The first-order chi connectivity index (χ1) is 11.4. The van der Waals surface area contributed by atoms with Crippen LogP contribution in [0.15, 0.2) is 48.5 Å². The Morgan fingerprint density at radius 2 is 1.75 bits per heavy atom. The van der Waals surface area contributed by atoms with Gasteiger partial charge in [0.15, 0.2) is 0 Å². The van der Waals surface area contributed by atoms with Gasteiger partial charge in [-0.2, -0.15) is 0 Å². The maximum absolute atomic E-state index is 13.0. The molecule has 0 radical (unpaired) electrons. The summed E-state index contributed by atoms with van der Waals surface area (Å²) in [5.41, 5.74) is 2.40. The quantitative estimate of drug-likeness (QED) is 0.759. The molecule has 24 heavy (non-hydrogen) atoms. The Morgan fingerprint density at radius 3 is 2.38 bits per heavy atom. The zero-order valence-corrected chi connectivity index (χ0v) is 14.1. The standard InChI is InChI=1S/C19H23FN2O2/c1-12(16-5-4-6-18(11-16)22-14(3)23)21-13(2)19(24)15-7-9-17(20)10-8-15/h4-13,19,21,24H,1-3H3,(H,22,23). The van der Waals surface area contributed by atoms with Crippen molar-refractivity contribution < 1.29 is 14.3 Å². The molecule has 0 aliphatic heterocycles. The number of rotatable bonds is 6. The average molecular weight is 330 g/mol. The molecular formula is C19H23FN2O2. The van der Waals surface area contributed by atoms with Crippen LogP contribution in [0.4, 0.5) is 10.1 Å². The van der Waals surface area contributed by atoms with Crippen LogP contribution in [-0.4, -0.2) is 17.1 Å². The summed E-state index contributed by atoms with van der Waals surface area (Å²) in [5.74, 6) is -0.442. The number of halogens is 1. The first-order valence-electron chi connectivity index (χ1n) is 7.94. The molecule has 1 amide bonds. The Morgan fingerprint density at radius 1 is 1.08 bits per heavy atom. The summed E-state index contributed by atoms with van der Waals surface area (Å²) >= 11 is 0. The van der Waals surface area contributed by atoms with E-state index in [1.165, 1.54) is 19.1 Å². The van der Waals surface area contributed by atoms with Crippen molar-refractivity contribution in [2.45, 2.75) is 39.0 Å². The number of hydrogen-bond acceptors (Lipinski definition) is 3. The molecule has 0 bridgehead atoms. The number of carbonyl (C=O) groups excluding carboxylic acids is 1. The fourth-order valence-corrected chi connectivity index (χ4v) is 2.62. The highest BCUT2D eigenvalue weighted by Crippen LogP contribution is 2.22. The highest BCUT2D eigenvalue weighted by Gasteiger charge is 2.19. The van der Waals surface area contributed by atoms with Gasteiger partial charge in [-0.15, -0.1) is 0 Å². The summed E-state index contributed by atoms with van der Waals surface area (Å²) in [7, 11) is 0. The second-order valence-corrected chi connectivity index (χ2v) is 5.98. The van der Waals surface area contributed by atoms with E-state index in [1.807, 2.05) is 38.1 Å². The lowest BCUT2D eigenvalue weighted by Crippen LogP contribution is -2.34. The lowest BCUT2D eigenvalue weighted by Gasteiger charge is -2.25. The molecule has 0 aliphatic rings. The lowest BCUT2D eigenvalue weighted by molar-refractivity contribution is -0.114. The summed E-state index contributed by atoms with van der Waals surface area (Å²) in [6.07, 6.45) is -0.744.